The lowest BCUT2D eigenvalue weighted by molar-refractivity contribution is -0.138. The molecule has 2 heterocycles. The van der Waals surface area contributed by atoms with Gasteiger partial charge in [-0.15, -0.1) is 5.11 Å². The third-order valence-electron chi connectivity index (χ3n) is 3.86. The fourth-order valence-corrected chi connectivity index (χ4v) is 2.72. The van der Waals surface area contributed by atoms with Crippen LogP contribution in [0.5, 0.6) is 0 Å². The van der Waals surface area contributed by atoms with Crippen LogP contribution in [-0.4, -0.2) is 23.7 Å². The molecule has 3 rings (SSSR count). The van der Waals surface area contributed by atoms with Crippen molar-refractivity contribution in [2.75, 3.05) is 11.9 Å². The summed E-state index contributed by atoms with van der Waals surface area (Å²) in [5.41, 5.74) is 4.27. The second-order valence-electron chi connectivity index (χ2n) is 5.53. The summed E-state index contributed by atoms with van der Waals surface area (Å²) < 4.78 is 5.12. The largest absolute Gasteiger partial charge is 0.463 e. The van der Waals surface area contributed by atoms with Crippen LogP contribution in [0, 0.1) is 0 Å². The first-order valence-corrected chi connectivity index (χ1v) is 8.00. The van der Waals surface area contributed by atoms with Crippen LogP contribution in [-0.2, 0) is 9.53 Å². The smallest absolute Gasteiger partial charge is 0.334 e. The fraction of sp³-hybridized carbons (Fsp3) is 0.222. The molecule has 2 aromatic rings. The van der Waals surface area contributed by atoms with Gasteiger partial charge in [-0.1, -0.05) is 23.4 Å². The van der Waals surface area contributed by atoms with E-state index in [2.05, 4.69) is 20.6 Å². The maximum absolute atomic E-state index is 12.2. The molecule has 0 bridgehead atoms. The number of pyridine rings is 1. The normalized spacial score (nSPS) is 16.5. The van der Waals surface area contributed by atoms with E-state index in [9.17, 15) is 4.79 Å². The van der Waals surface area contributed by atoms with Crippen molar-refractivity contribution in [1.82, 2.24) is 4.98 Å². The maximum Gasteiger partial charge on any atom is 0.334 e. The van der Waals surface area contributed by atoms with Crippen LogP contribution in [0.25, 0.3) is 17.2 Å². The van der Waals surface area contributed by atoms with E-state index in [0.717, 1.165) is 22.4 Å². The van der Waals surface area contributed by atoms with Crippen molar-refractivity contribution in [3.8, 4) is 11.1 Å². The number of aromatic nitrogens is 1. The number of ether oxygens (including phenoxy) is 1. The molecule has 1 aliphatic heterocycles. The zero-order valence-electron chi connectivity index (χ0n) is 13.8. The van der Waals surface area contributed by atoms with Gasteiger partial charge >= 0.3 is 5.97 Å². The summed E-state index contributed by atoms with van der Waals surface area (Å²) in [6.07, 6.45) is 5.26. The molecule has 1 atom stereocenters. The molecule has 25 heavy (non-hydrogen) atoms. The highest BCUT2D eigenvalue weighted by Gasteiger charge is 2.22. The standard InChI is InChI=1S/C18H19N5O2/c1-2-25-18(24)15-8-13-6-5-12(14-4-3-7-20-11-14)9-16(13)21-17(10-15)22-23-19/h3-9,11,17,21H,2,10H2,1H3,(H2,19,22). The molecule has 0 spiro atoms. The van der Waals surface area contributed by atoms with Crippen LogP contribution in [0.3, 0.4) is 0 Å². The van der Waals surface area contributed by atoms with Gasteiger partial charge in [0.15, 0.2) is 0 Å². The number of rotatable bonds is 4. The quantitative estimate of drug-likeness (QED) is 0.386. The van der Waals surface area contributed by atoms with Gasteiger partial charge in [0.2, 0.25) is 0 Å². The summed E-state index contributed by atoms with van der Waals surface area (Å²) in [7, 11) is 0. The number of nitrogens with one attached hydrogen (secondary N) is 1. The van der Waals surface area contributed by atoms with E-state index in [1.807, 2.05) is 36.4 Å². The minimum absolute atomic E-state index is 0.319. The molecule has 0 radical (unpaired) electrons. The Morgan fingerprint density at radius 3 is 3.00 bits per heavy atom. The Bertz CT molecular complexity index is 817. The van der Waals surface area contributed by atoms with Gasteiger partial charge in [-0.2, -0.15) is 0 Å². The number of hydrogen-bond donors (Lipinski definition) is 2. The maximum atomic E-state index is 12.2. The minimum atomic E-state index is -0.439. The number of nitrogens with two attached hydrogens (primary N) is 1. The number of nitrogens with zero attached hydrogens (tertiary/aromatic N) is 3. The van der Waals surface area contributed by atoms with Crippen LogP contribution in [0.15, 0.2) is 58.6 Å². The van der Waals surface area contributed by atoms with Gasteiger partial charge in [0.25, 0.3) is 0 Å². The van der Waals surface area contributed by atoms with Crippen LogP contribution >= 0.6 is 0 Å². The van der Waals surface area contributed by atoms with Gasteiger partial charge in [0.1, 0.15) is 6.17 Å². The molecule has 7 heteroatoms. The third kappa shape index (κ3) is 3.82. The number of fused-ring (bicyclic) bond motifs is 1. The molecule has 1 aliphatic rings. The average molecular weight is 337 g/mol. The molecule has 0 saturated heterocycles. The topological polar surface area (TPSA) is 102 Å². The van der Waals surface area contributed by atoms with Crippen LogP contribution < -0.4 is 11.2 Å². The minimum Gasteiger partial charge on any atom is -0.463 e. The zero-order valence-corrected chi connectivity index (χ0v) is 13.8. The second-order valence-corrected chi connectivity index (χ2v) is 5.53. The van der Waals surface area contributed by atoms with E-state index >= 15 is 0 Å². The summed E-state index contributed by atoms with van der Waals surface area (Å²) in [5, 5.41) is 10.6. The first-order chi connectivity index (χ1) is 12.2. The molecule has 0 amide bonds. The molecule has 1 unspecified atom stereocenters. The molecule has 0 aliphatic carbocycles. The number of carbonyl (C=O) groups excluding carboxylic acids is 1. The molecule has 0 fully saturated rings. The van der Waals surface area contributed by atoms with Gasteiger partial charge in [0, 0.05) is 35.6 Å². The highest BCUT2D eigenvalue weighted by molar-refractivity contribution is 5.95. The zero-order chi connectivity index (χ0) is 17.6. The van der Waals surface area contributed by atoms with Crippen molar-refractivity contribution in [3.63, 3.8) is 0 Å². The van der Waals surface area contributed by atoms with Gasteiger partial charge in [-0.05, 0) is 36.3 Å². The summed E-state index contributed by atoms with van der Waals surface area (Å²) in [6, 6.07) is 9.81. The Hall–Kier alpha value is -3.22. The summed E-state index contributed by atoms with van der Waals surface area (Å²) in [4.78, 5) is 16.3. The predicted octanol–water partition coefficient (Wildman–Crippen LogP) is 3.16. The van der Waals surface area contributed by atoms with Crippen LogP contribution in [0.1, 0.15) is 18.9 Å². The number of anilines is 1. The van der Waals surface area contributed by atoms with Crippen LogP contribution in [0.2, 0.25) is 0 Å². The van der Waals surface area contributed by atoms with Gasteiger partial charge in [0.05, 0.1) is 6.61 Å². The van der Waals surface area contributed by atoms with Gasteiger partial charge in [-0.3, -0.25) is 4.98 Å². The monoisotopic (exact) mass is 337 g/mol. The number of benzene rings is 1. The van der Waals surface area contributed by atoms with Gasteiger partial charge < -0.3 is 15.9 Å². The van der Waals surface area contributed by atoms with Crippen molar-refractivity contribution < 1.29 is 9.53 Å². The van der Waals surface area contributed by atoms with E-state index in [0.29, 0.717) is 18.6 Å². The molecule has 1 aromatic heterocycles. The molecule has 0 saturated carbocycles. The molecule has 128 valence electrons. The lowest BCUT2D eigenvalue weighted by atomic mass is 10.0. The Balaban J connectivity index is 2.02. The first kappa shape index (κ1) is 16.6. The van der Waals surface area contributed by atoms with E-state index in [4.69, 9.17) is 10.6 Å². The lowest BCUT2D eigenvalue weighted by Gasteiger charge is -2.14. The van der Waals surface area contributed by atoms with Crippen molar-refractivity contribution >= 4 is 17.7 Å². The molecular weight excluding hydrogens is 318 g/mol. The molecule has 7 nitrogen and oxygen atoms in total. The first-order valence-electron chi connectivity index (χ1n) is 8.00. The molecule has 1 aromatic carbocycles. The van der Waals surface area contributed by atoms with Crippen molar-refractivity contribution in [2.45, 2.75) is 19.5 Å². The third-order valence-corrected chi connectivity index (χ3v) is 3.86. The van der Waals surface area contributed by atoms with Gasteiger partial charge in [-0.25, -0.2) is 4.79 Å². The highest BCUT2D eigenvalue weighted by Crippen LogP contribution is 2.31. The van der Waals surface area contributed by atoms with Crippen molar-refractivity contribution in [3.05, 3.63) is 53.9 Å². The molecular formula is C18H19N5O2. The summed E-state index contributed by atoms with van der Waals surface area (Å²) >= 11 is 0. The Labute approximate surface area is 145 Å². The highest BCUT2D eigenvalue weighted by atomic mass is 16.5. The number of carbonyl (C=O) groups is 1. The van der Waals surface area contributed by atoms with E-state index in [1.165, 1.54) is 0 Å². The Kier molecular flexibility index (Phi) is 5.03. The lowest BCUT2D eigenvalue weighted by Crippen LogP contribution is -2.19. The summed E-state index contributed by atoms with van der Waals surface area (Å²) in [6.45, 7) is 2.10. The Morgan fingerprint density at radius 1 is 1.40 bits per heavy atom. The predicted molar refractivity (Wildman–Crippen MR) is 95.4 cm³/mol. The van der Waals surface area contributed by atoms with Crippen molar-refractivity contribution in [2.24, 2.45) is 16.2 Å². The molecule has 3 N–H and O–H groups in total. The number of hydrogen-bond acceptors (Lipinski definition) is 6. The van der Waals surface area contributed by atoms with Crippen LogP contribution in [0.4, 0.5) is 5.69 Å². The van der Waals surface area contributed by atoms with E-state index in [1.54, 1.807) is 19.3 Å². The average Bonchev–Trinajstić information content (AvgIpc) is 2.81. The van der Waals surface area contributed by atoms with E-state index in [-0.39, 0.29) is 5.97 Å². The fourth-order valence-electron chi connectivity index (χ4n) is 2.72. The van der Waals surface area contributed by atoms with E-state index < -0.39 is 6.17 Å². The number of esters is 1. The van der Waals surface area contributed by atoms with Crippen molar-refractivity contribution in [1.29, 1.82) is 0 Å². The SMILES string of the molecule is CCOC(=O)C1=Cc2ccc(-c3cccnc3)cc2NC(N=NN)C1. The Morgan fingerprint density at radius 2 is 2.28 bits per heavy atom. The summed E-state index contributed by atoms with van der Waals surface area (Å²) in [5.74, 6) is 4.85. The second kappa shape index (κ2) is 7.57.